The predicted octanol–water partition coefficient (Wildman–Crippen LogP) is 7.57. The summed E-state index contributed by atoms with van der Waals surface area (Å²) in [4.78, 5) is 7.62. The number of halogens is 2. The summed E-state index contributed by atoms with van der Waals surface area (Å²) in [5.41, 5.74) is 6.04. The van der Waals surface area contributed by atoms with Gasteiger partial charge in [0.2, 0.25) is 0 Å². The molecule has 1 aliphatic heterocycles. The molecule has 3 heterocycles. The van der Waals surface area contributed by atoms with Gasteiger partial charge in [0, 0.05) is 30.9 Å². The standard InChI is InChI=1S/C29H32ClFN4O2/c1-17-28(18(2)37-33-17)19-6-13-26-25(15-19)32-29(35(26)20-7-10-22(36-3)11-8-20)27-5-4-14-34(27)21-9-12-24(31)23(30)16-21/h6,9,12-13,15-16,20,22,27H,4-5,7-8,10-11,14H2,1-3H3/t20-,22-,27-/m0/s1. The summed E-state index contributed by atoms with van der Waals surface area (Å²) in [7, 11) is 1.81. The van der Waals surface area contributed by atoms with Gasteiger partial charge in [-0.05, 0) is 88.3 Å². The summed E-state index contributed by atoms with van der Waals surface area (Å²) in [5.74, 6) is 1.49. The number of hydrogen-bond acceptors (Lipinski definition) is 5. The monoisotopic (exact) mass is 522 g/mol. The van der Waals surface area contributed by atoms with Crippen LogP contribution in [0.3, 0.4) is 0 Å². The fourth-order valence-electron chi connectivity index (χ4n) is 6.33. The highest BCUT2D eigenvalue weighted by molar-refractivity contribution is 6.31. The number of fused-ring (bicyclic) bond motifs is 1. The summed E-state index contributed by atoms with van der Waals surface area (Å²) >= 11 is 6.18. The third-order valence-corrected chi connectivity index (χ3v) is 8.46. The number of aryl methyl sites for hydroxylation is 2. The van der Waals surface area contributed by atoms with Crippen LogP contribution in [-0.4, -0.2) is 34.5 Å². The van der Waals surface area contributed by atoms with Gasteiger partial charge >= 0.3 is 0 Å². The van der Waals surface area contributed by atoms with Crippen molar-refractivity contribution in [1.82, 2.24) is 14.7 Å². The van der Waals surface area contributed by atoms with Gasteiger partial charge in [0.25, 0.3) is 0 Å². The van der Waals surface area contributed by atoms with Crippen molar-refractivity contribution in [3.05, 3.63) is 64.5 Å². The molecule has 0 N–H and O–H groups in total. The Bertz CT molecular complexity index is 1420. The number of ether oxygens (including phenoxy) is 1. The van der Waals surface area contributed by atoms with Crippen molar-refractivity contribution >= 4 is 28.3 Å². The van der Waals surface area contributed by atoms with E-state index in [2.05, 4.69) is 32.8 Å². The summed E-state index contributed by atoms with van der Waals surface area (Å²) in [6.45, 7) is 4.80. The number of hydrogen-bond donors (Lipinski definition) is 0. The topological polar surface area (TPSA) is 56.3 Å². The molecular weight excluding hydrogens is 491 g/mol. The largest absolute Gasteiger partial charge is 0.381 e. The van der Waals surface area contributed by atoms with Crippen molar-refractivity contribution in [3.63, 3.8) is 0 Å². The number of anilines is 1. The first-order chi connectivity index (χ1) is 17.9. The number of methoxy groups -OCH3 is 1. The number of nitrogens with zero attached hydrogens (tertiary/aromatic N) is 4. The summed E-state index contributed by atoms with van der Waals surface area (Å²) in [6, 6.07) is 12.0. The summed E-state index contributed by atoms with van der Waals surface area (Å²) < 4.78 is 27.5. The van der Waals surface area contributed by atoms with Gasteiger partial charge in [-0.2, -0.15) is 0 Å². The van der Waals surface area contributed by atoms with Crippen LogP contribution in [0, 0.1) is 19.7 Å². The minimum Gasteiger partial charge on any atom is -0.381 e. The van der Waals surface area contributed by atoms with Crippen LogP contribution in [0.1, 0.15) is 67.9 Å². The maximum Gasteiger partial charge on any atom is 0.141 e. The molecule has 0 bridgehead atoms. The average molecular weight is 523 g/mol. The van der Waals surface area contributed by atoms with Gasteiger partial charge in [-0.25, -0.2) is 9.37 Å². The molecule has 0 amide bonds. The van der Waals surface area contributed by atoms with Crippen molar-refractivity contribution in [3.8, 4) is 11.1 Å². The molecular formula is C29H32ClFN4O2. The lowest BCUT2D eigenvalue weighted by Crippen LogP contribution is -2.28. The minimum atomic E-state index is -0.393. The number of imidazole rings is 1. The molecule has 6 rings (SSSR count). The van der Waals surface area contributed by atoms with E-state index in [0.717, 1.165) is 90.2 Å². The van der Waals surface area contributed by atoms with Crippen LogP contribution >= 0.6 is 11.6 Å². The first-order valence-corrected chi connectivity index (χ1v) is 13.5. The lowest BCUT2D eigenvalue weighted by atomic mass is 9.92. The van der Waals surface area contributed by atoms with Crippen LogP contribution in [0.4, 0.5) is 10.1 Å². The Morgan fingerprint density at radius 1 is 1.05 bits per heavy atom. The quantitative estimate of drug-likeness (QED) is 0.270. The number of benzene rings is 2. The van der Waals surface area contributed by atoms with Crippen molar-refractivity contribution in [2.75, 3.05) is 18.6 Å². The molecule has 1 atom stereocenters. The van der Waals surface area contributed by atoms with Gasteiger partial charge in [-0.15, -0.1) is 0 Å². The van der Waals surface area contributed by atoms with Crippen molar-refractivity contribution in [2.45, 2.75) is 70.6 Å². The van der Waals surface area contributed by atoms with E-state index in [1.54, 1.807) is 6.07 Å². The Balaban J connectivity index is 1.46. The zero-order chi connectivity index (χ0) is 25.7. The smallest absolute Gasteiger partial charge is 0.141 e. The van der Waals surface area contributed by atoms with E-state index in [1.165, 1.54) is 6.07 Å². The minimum absolute atomic E-state index is 0.0941. The van der Waals surface area contributed by atoms with Crippen molar-refractivity contribution in [2.24, 2.45) is 0 Å². The molecule has 0 spiro atoms. The molecule has 1 saturated carbocycles. The van der Waals surface area contributed by atoms with Crippen LogP contribution in [-0.2, 0) is 4.74 Å². The van der Waals surface area contributed by atoms with E-state index in [0.29, 0.717) is 12.1 Å². The summed E-state index contributed by atoms with van der Waals surface area (Å²) in [6.07, 6.45) is 6.55. The van der Waals surface area contributed by atoms with E-state index in [4.69, 9.17) is 25.8 Å². The molecule has 1 saturated heterocycles. The molecule has 2 aromatic heterocycles. The summed E-state index contributed by atoms with van der Waals surface area (Å²) in [5, 5.41) is 4.30. The first kappa shape index (κ1) is 24.4. The molecule has 8 heteroatoms. The van der Waals surface area contributed by atoms with E-state index in [1.807, 2.05) is 27.0 Å². The Hall–Kier alpha value is -2.90. The predicted molar refractivity (Wildman–Crippen MR) is 144 cm³/mol. The molecule has 1 aliphatic carbocycles. The normalized spacial score (nSPS) is 22.3. The highest BCUT2D eigenvalue weighted by Gasteiger charge is 2.34. The fourth-order valence-corrected chi connectivity index (χ4v) is 6.51. The zero-order valence-corrected chi connectivity index (χ0v) is 22.3. The van der Waals surface area contributed by atoms with Gasteiger partial charge in [0.05, 0.1) is 33.9 Å². The molecule has 194 valence electrons. The Morgan fingerprint density at radius 3 is 2.57 bits per heavy atom. The first-order valence-electron chi connectivity index (χ1n) is 13.1. The average Bonchev–Trinajstić information content (AvgIpc) is 3.62. The van der Waals surface area contributed by atoms with Crippen molar-refractivity contribution < 1.29 is 13.7 Å². The van der Waals surface area contributed by atoms with E-state index in [-0.39, 0.29) is 11.1 Å². The van der Waals surface area contributed by atoms with Crippen LogP contribution < -0.4 is 4.90 Å². The number of rotatable bonds is 5. The second-order valence-corrected chi connectivity index (χ2v) is 10.8. The van der Waals surface area contributed by atoms with Gasteiger partial charge in [-0.1, -0.05) is 22.8 Å². The molecule has 0 radical (unpaired) electrons. The molecule has 37 heavy (non-hydrogen) atoms. The molecule has 2 aliphatic rings. The maximum absolute atomic E-state index is 13.9. The Morgan fingerprint density at radius 2 is 1.86 bits per heavy atom. The third kappa shape index (κ3) is 4.32. The van der Waals surface area contributed by atoms with Crippen LogP contribution in [0.25, 0.3) is 22.2 Å². The van der Waals surface area contributed by atoms with E-state index in [9.17, 15) is 4.39 Å². The lowest BCUT2D eigenvalue weighted by molar-refractivity contribution is 0.0584. The maximum atomic E-state index is 13.9. The van der Waals surface area contributed by atoms with Crippen LogP contribution in [0.15, 0.2) is 40.9 Å². The fraction of sp³-hybridized carbons (Fsp3) is 0.448. The Kier molecular flexibility index (Phi) is 6.45. The highest BCUT2D eigenvalue weighted by atomic mass is 35.5. The molecule has 2 aromatic carbocycles. The molecule has 6 nitrogen and oxygen atoms in total. The lowest BCUT2D eigenvalue weighted by Gasteiger charge is -2.33. The van der Waals surface area contributed by atoms with Gasteiger partial charge in [-0.3, -0.25) is 0 Å². The van der Waals surface area contributed by atoms with Crippen LogP contribution in [0.2, 0.25) is 5.02 Å². The van der Waals surface area contributed by atoms with Crippen molar-refractivity contribution in [1.29, 1.82) is 0 Å². The van der Waals surface area contributed by atoms with E-state index >= 15 is 0 Å². The molecule has 2 fully saturated rings. The van der Waals surface area contributed by atoms with Gasteiger partial charge < -0.3 is 18.7 Å². The zero-order valence-electron chi connectivity index (χ0n) is 21.5. The van der Waals surface area contributed by atoms with Gasteiger partial charge in [0.1, 0.15) is 17.4 Å². The van der Waals surface area contributed by atoms with Crippen LogP contribution in [0.5, 0.6) is 0 Å². The second-order valence-electron chi connectivity index (χ2n) is 10.4. The molecule has 4 aromatic rings. The third-order valence-electron chi connectivity index (χ3n) is 8.17. The number of aromatic nitrogens is 3. The van der Waals surface area contributed by atoms with E-state index < -0.39 is 5.82 Å². The highest BCUT2D eigenvalue weighted by Crippen LogP contribution is 2.42. The second kappa shape index (κ2) is 9.76. The molecule has 0 unspecified atom stereocenters. The Labute approximate surface area is 221 Å². The van der Waals surface area contributed by atoms with Gasteiger partial charge in [0.15, 0.2) is 0 Å². The SMILES string of the molecule is CO[C@H]1CC[C@H](n2c([C@@H]3CCCN3c3ccc(F)c(Cl)c3)nc3cc(-c4c(C)noc4C)ccc32)CC1.